The molecule has 1 aliphatic rings. The normalized spacial score (nSPS) is 23.5. The Bertz CT molecular complexity index is 281. The lowest BCUT2D eigenvalue weighted by molar-refractivity contribution is 0.482. The fraction of sp³-hybridized carbons (Fsp3) is 0.667. The van der Waals surface area contributed by atoms with Crippen molar-refractivity contribution in [2.45, 2.75) is 13.0 Å². The lowest BCUT2D eigenvalue weighted by Crippen LogP contribution is -2.49. The summed E-state index contributed by atoms with van der Waals surface area (Å²) in [6.45, 7) is 5.37. The first-order valence-electron chi connectivity index (χ1n) is 4.72. The average Bonchev–Trinajstić information content (AvgIpc) is 2.52. The minimum atomic E-state index is 0.566. The molecule has 0 spiro atoms. The van der Waals surface area contributed by atoms with Crippen molar-refractivity contribution in [1.82, 2.24) is 14.9 Å². The number of anilines is 1. The van der Waals surface area contributed by atoms with Gasteiger partial charge in [-0.25, -0.2) is 4.98 Å². The lowest BCUT2D eigenvalue weighted by Gasteiger charge is -2.31. The Kier molecular flexibility index (Phi) is 2.22. The van der Waals surface area contributed by atoms with Crippen molar-refractivity contribution in [3.8, 4) is 0 Å². The van der Waals surface area contributed by atoms with Crippen LogP contribution in [0.4, 0.5) is 5.82 Å². The maximum Gasteiger partial charge on any atom is 0.146 e. The van der Waals surface area contributed by atoms with Crippen LogP contribution in [0, 0.1) is 0 Å². The largest absolute Gasteiger partial charge is 0.353 e. The molecule has 1 N–H and O–H groups in total. The van der Waals surface area contributed by atoms with Crippen LogP contribution in [0.15, 0.2) is 12.5 Å². The second-order valence-corrected chi connectivity index (χ2v) is 3.70. The number of aromatic nitrogens is 2. The van der Waals surface area contributed by atoms with Gasteiger partial charge in [0.1, 0.15) is 5.82 Å². The summed E-state index contributed by atoms with van der Waals surface area (Å²) in [4.78, 5) is 6.66. The predicted octanol–water partition coefficient (Wildman–Crippen LogP) is 0.218. The Morgan fingerprint density at radius 3 is 3.08 bits per heavy atom. The molecule has 1 aliphatic heterocycles. The van der Waals surface area contributed by atoms with E-state index >= 15 is 0 Å². The highest BCUT2D eigenvalue weighted by atomic mass is 15.3. The first-order chi connectivity index (χ1) is 6.25. The number of aryl methyl sites for hydroxylation is 1. The van der Waals surface area contributed by atoms with Crippen molar-refractivity contribution >= 4 is 5.82 Å². The Morgan fingerprint density at radius 2 is 2.46 bits per heavy atom. The average molecular weight is 180 g/mol. The smallest absolute Gasteiger partial charge is 0.146 e. The Morgan fingerprint density at radius 1 is 1.62 bits per heavy atom. The van der Waals surface area contributed by atoms with Gasteiger partial charge < -0.3 is 14.8 Å². The molecule has 1 aromatic rings. The summed E-state index contributed by atoms with van der Waals surface area (Å²) in [5.41, 5.74) is 0. The lowest BCUT2D eigenvalue weighted by atomic mass is 10.2. The predicted molar refractivity (Wildman–Crippen MR) is 52.9 cm³/mol. The quantitative estimate of drug-likeness (QED) is 0.671. The second kappa shape index (κ2) is 3.38. The molecule has 4 nitrogen and oxygen atoms in total. The maximum absolute atomic E-state index is 4.34. The monoisotopic (exact) mass is 180 g/mol. The molecule has 4 heteroatoms. The van der Waals surface area contributed by atoms with Crippen LogP contribution in [0.2, 0.25) is 0 Å². The van der Waals surface area contributed by atoms with Crippen LogP contribution in [-0.2, 0) is 7.05 Å². The minimum absolute atomic E-state index is 0.566. The first-order valence-corrected chi connectivity index (χ1v) is 4.72. The molecule has 0 amide bonds. The first kappa shape index (κ1) is 8.56. The van der Waals surface area contributed by atoms with Crippen LogP contribution in [-0.4, -0.2) is 35.2 Å². The van der Waals surface area contributed by atoms with Gasteiger partial charge in [-0.1, -0.05) is 0 Å². The van der Waals surface area contributed by atoms with Gasteiger partial charge in [0.2, 0.25) is 0 Å². The molecule has 1 aromatic heterocycles. The van der Waals surface area contributed by atoms with Crippen LogP contribution in [0.1, 0.15) is 6.92 Å². The van der Waals surface area contributed by atoms with Gasteiger partial charge in [0.25, 0.3) is 0 Å². The zero-order valence-corrected chi connectivity index (χ0v) is 8.20. The summed E-state index contributed by atoms with van der Waals surface area (Å²) in [6, 6.07) is 0.566. The third kappa shape index (κ3) is 1.83. The van der Waals surface area contributed by atoms with Crippen LogP contribution < -0.4 is 10.2 Å². The summed E-state index contributed by atoms with van der Waals surface area (Å²) in [7, 11) is 2.00. The molecule has 2 rings (SSSR count). The summed E-state index contributed by atoms with van der Waals surface area (Å²) in [5.74, 6) is 1.09. The molecule has 1 unspecified atom stereocenters. The highest BCUT2D eigenvalue weighted by molar-refractivity contribution is 5.36. The van der Waals surface area contributed by atoms with E-state index in [2.05, 4.69) is 28.3 Å². The third-order valence-corrected chi connectivity index (χ3v) is 2.38. The second-order valence-electron chi connectivity index (χ2n) is 3.70. The summed E-state index contributed by atoms with van der Waals surface area (Å²) in [5, 5.41) is 3.41. The van der Waals surface area contributed by atoms with E-state index in [0.29, 0.717) is 6.04 Å². The van der Waals surface area contributed by atoms with Gasteiger partial charge in [-0.15, -0.1) is 0 Å². The van der Waals surface area contributed by atoms with E-state index in [1.165, 1.54) is 0 Å². The third-order valence-electron chi connectivity index (χ3n) is 2.38. The van der Waals surface area contributed by atoms with Gasteiger partial charge >= 0.3 is 0 Å². The van der Waals surface area contributed by atoms with Crippen molar-refractivity contribution in [3.05, 3.63) is 12.5 Å². The molecule has 0 aromatic carbocycles. The van der Waals surface area contributed by atoms with E-state index in [0.717, 1.165) is 25.5 Å². The van der Waals surface area contributed by atoms with E-state index in [1.807, 2.05) is 17.9 Å². The zero-order chi connectivity index (χ0) is 9.26. The summed E-state index contributed by atoms with van der Waals surface area (Å²) < 4.78 is 1.99. The van der Waals surface area contributed by atoms with Gasteiger partial charge in [-0.05, 0) is 6.92 Å². The van der Waals surface area contributed by atoms with Crippen LogP contribution >= 0.6 is 0 Å². The van der Waals surface area contributed by atoms with Crippen molar-refractivity contribution < 1.29 is 0 Å². The SMILES string of the molecule is CC1CN(c2cn(C)cn2)CCN1. The Balaban J connectivity index is 2.08. The molecule has 2 heterocycles. The number of nitrogens with one attached hydrogen (secondary N) is 1. The molecule has 0 radical (unpaired) electrons. The number of nitrogens with zero attached hydrogens (tertiary/aromatic N) is 3. The molecule has 13 heavy (non-hydrogen) atoms. The maximum atomic E-state index is 4.34. The molecule has 0 saturated carbocycles. The minimum Gasteiger partial charge on any atom is -0.353 e. The van der Waals surface area contributed by atoms with Crippen LogP contribution in [0.3, 0.4) is 0 Å². The summed E-state index contributed by atoms with van der Waals surface area (Å²) in [6.07, 6.45) is 3.92. The molecule has 1 atom stereocenters. The van der Waals surface area contributed by atoms with E-state index in [1.54, 1.807) is 0 Å². The molecule has 72 valence electrons. The molecule has 1 fully saturated rings. The molecular weight excluding hydrogens is 164 g/mol. The van der Waals surface area contributed by atoms with Crippen molar-refractivity contribution in [2.75, 3.05) is 24.5 Å². The number of piperazine rings is 1. The van der Waals surface area contributed by atoms with E-state index in [9.17, 15) is 0 Å². The molecule has 1 saturated heterocycles. The molecular formula is C9H16N4. The summed E-state index contributed by atoms with van der Waals surface area (Å²) >= 11 is 0. The number of hydrogen-bond donors (Lipinski definition) is 1. The fourth-order valence-corrected chi connectivity index (χ4v) is 1.70. The standard InChI is InChI=1S/C9H16N4/c1-8-5-13(4-3-10-8)9-6-12(2)7-11-9/h6-8,10H,3-5H2,1-2H3. The Hall–Kier alpha value is -1.03. The highest BCUT2D eigenvalue weighted by Gasteiger charge is 2.16. The molecule has 0 aliphatic carbocycles. The molecule has 0 bridgehead atoms. The van der Waals surface area contributed by atoms with Gasteiger partial charge in [0, 0.05) is 38.9 Å². The number of imidazole rings is 1. The van der Waals surface area contributed by atoms with Gasteiger partial charge in [0.15, 0.2) is 0 Å². The highest BCUT2D eigenvalue weighted by Crippen LogP contribution is 2.11. The number of rotatable bonds is 1. The van der Waals surface area contributed by atoms with E-state index < -0.39 is 0 Å². The van der Waals surface area contributed by atoms with Gasteiger partial charge in [0.05, 0.1) is 6.33 Å². The number of hydrogen-bond acceptors (Lipinski definition) is 3. The Labute approximate surface area is 78.6 Å². The van der Waals surface area contributed by atoms with Gasteiger partial charge in [-0.2, -0.15) is 0 Å². The van der Waals surface area contributed by atoms with Crippen molar-refractivity contribution in [2.24, 2.45) is 7.05 Å². The van der Waals surface area contributed by atoms with E-state index in [4.69, 9.17) is 0 Å². The van der Waals surface area contributed by atoms with E-state index in [-0.39, 0.29) is 0 Å². The zero-order valence-electron chi connectivity index (χ0n) is 8.20. The van der Waals surface area contributed by atoms with Gasteiger partial charge in [-0.3, -0.25) is 0 Å². The fourth-order valence-electron chi connectivity index (χ4n) is 1.70. The van der Waals surface area contributed by atoms with Crippen molar-refractivity contribution in [1.29, 1.82) is 0 Å². The topological polar surface area (TPSA) is 33.1 Å². The van der Waals surface area contributed by atoms with Crippen LogP contribution in [0.25, 0.3) is 0 Å². The van der Waals surface area contributed by atoms with Crippen LogP contribution in [0.5, 0.6) is 0 Å². The van der Waals surface area contributed by atoms with Crippen molar-refractivity contribution in [3.63, 3.8) is 0 Å².